The molecule has 1 aromatic carbocycles. The van der Waals surface area contributed by atoms with E-state index in [1.165, 1.54) is 17.8 Å². The van der Waals surface area contributed by atoms with Crippen molar-refractivity contribution in [1.29, 1.82) is 0 Å². The lowest BCUT2D eigenvalue weighted by Crippen LogP contribution is -2.17. The number of nitrogens with one attached hydrogen (secondary N) is 1. The molecule has 0 amide bonds. The minimum atomic E-state index is -4.31. The first kappa shape index (κ1) is 15.6. The third kappa shape index (κ3) is 3.11. The van der Waals surface area contributed by atoms with Gasteiger partial charge in [-0.15, -0.1) is 24.0 Å². The van der Waals surface area contributed by atoms with E-state index in [2.05, 4.69) is 10.3 Å². The van der Waals surface area contributed by atoms with Crippen LogP contribution in [-0.4, -0.2) is 11.4 Å². The summed E-state index contributed by atoms with van der Waals surface area (Å²) in [4.78, 5) is 4.32. The minimum absolute atomic E-state index is 0. The van der Waals surface area contributed by atoms with Gasteiger partial charge in [-0.05, 0) is 30.9 Å². The molecule has 0 aromatic heterocycles. The smallest absolute Gasteiger partial charge is 0.335 e. The van der Waals surface area contributed by atoms with Gasteiger partial charge in [0.2, 0.25) is 0 Å². The average Bonchev–Trinajstić information content (AvgIpc) is 2.27. The zero-order chi connectivity index (χ0) is 12.6. The summed E-state index contributed by atoms with van der Waals surface area (Å²) < 4.78 is 37.7. The van der Waals surface area contributed by atoms with E-state index >= 15 is 0 Å². The Labute approximate surface area is 124 Å². The first-order valence-corrected chi connectivity index (χ1v) is 6.24. The zero-order valence-electron chi connectivity index (χ0n) is 9.71. The number of anilines is 1. The first-order valence-electron chi connectivity index (χ1n) is 5.02. The summed E-state index contributed by atoms with van der Waals surface area (Å²) >= 11 is 1.38. The molecule has 0 fully saturated rings. The van der Waals surface area contributed by atoms with E-state index in [1.807, 2.05) is 13.2 Å². The molecule has 0 aliphatic carbocycles. The Morgan fingerprint density at radius 1 is 1.33 bits per heavy atom. The summed E-state index contributed by atoms with van der Waals surface area (Å²) in [6, 6.07) is 3.60. The predicted octanol–water partition coefficient (Wildman–Crippen LogP) is 4.53. The van der Waals surface area contributed by atoms with E-state index in [4.69, 9.17) is 0 Å². The fourth-order valence-electron chi connectivity index (χ4n) is 1.70. The molecule has 0 spiro atoms. The van der Waals surface area contributed by atoms with Crippen molar-refractivity contribution in [3.05, 3.63) is 29.3 Å². The Hall–Kier alpha value is -0.440. The van der Waals surface area contributed by atoms with E-state index in [-0.39, 0.29) is 30.0 Å². The van der Waals surface area contributed by atoms with Gasteiger partial charge in [0.15, 0.2) is 5.17 Å². The molecule has 1 aliphatic heterocycles. The Morgan fingerprint density at radius 2 is 2.00 bits per heavy atom. The standard InChI is InChI=1S/C11H11F3N2S.HI/c1-6-8-4-3-7(11(12,13)14)5-9(8)16-10(15-6)17-2;/h3-6H,1-2H3,(H,15,16);1H. The SMILES string of the molecule is CSC1=NC(C)c2ccc(C(F)(F)F)cc2N1.I. The lowest BCUT2D eigenvalue weighted by Gasteiger charge is -2.23. The lowest BCUT2D eigenvalue weighted by atomic mass is 10.0. The number of fused-ring (bicyclic) bond motifs is 1. The van der Waals surface area contributed by atoms with Gasteiger partial charge >= 0.3 is 6.18 Å². The van der Waals surface area contributed by atoms with Gasteiger partial charge in [0.1, 0.15) is 0 Å². The Morgan fingerprint density at radius 3 is 2.56 bits per heavy atom. The van der Waals surface area contributed by atoms with Crippen LogP contribution in [0, 0.1) is 0 Å². The quantitative estimate of drug-likeness (QED) is 0.661. The molecule has 2 nitrogen and oxygen atoms in total. The number of amidine groups is 1. The molecule has 1 unspecified atom stereocenters. The first-order chi connectivity index (χ1) is 7.91. The van der Waals surface area contributed by atoms with Crippen LogP contribution in [0.4, 0.5) is 18.9 Å². The van der Waals surface area contributed by atoms with Crippen molar-refractivity contribution in [2.75, 3.05) is 11.6 Å². The number of aliphatic imine (C=N–C) groups is 1. The molecule has 2 rings (SSSR count). The topological polar surface area (TPSA) is 24.4 Å². The summed E-state index contributed by atoms with van der Waals surface area (Å²) in [5.74, 6) is 0. The van der Waals surface area contributed by atoms with Crippen LogP contribution in [0.25, 0.3) is 0 Å². The number of thioether (sulfide) groups is 1. The van der Waals surface area contributed by atoms with Crippen LogP contribution < -0.4 is 5.32 Å². The molecule has 1 aromatic rings. The molecule has 0 saturated carbocycles. The summed E-state index contributed by atoms with van der Waals surface area (Å²) in [6.45, 7) is 1.86. The number of hydrogen-bond acceptors (Lipinski definition) is 3. The van der Waals surface area contributed by atoms with Crippen LogP contribution in [0.3, 0.4) is 0 Å². The summed E-state index contributed by atoms with van der Waals surface area (Å²) in [6.07, 6.45) is -2.48. The molecule has 1 N–H and O–H groups in total. The van der Waals surface area contributed by atoms with Gasteiger partial charge in [-0.2, -0.15) is 13.2 Å². The van der Waals surface area contributed by atoms with E-state index in [9.17, 15) is 13.2 Å². The second-order valence-corrected chi connectivity index (χ2v) is 4.53. The van der Waals surface area contributed by atoms with Crippen molar-refractivity contribution < 1.29 is 13.2 Å². The molecule has 0 saturated heterocycles. The fraction of sp³-hybridized carbons (Fsp3) is 0.364. The van der Waals surface area contributed by atoms with Crippen LogP contribution in [-0.2, 0) is 6.18 Å². The maximum absolute atomic E-state index is 12.6. The van der Waals surface area contributed by atoms with Crippen molar-refractivity contribution >= 4 is 46.6 Å². The minimum Gasteiger partial charge on any atom is -0.335 e. The van der Waals surface area contributed by atoms with Crippen LogP contribution in [0.2, 0.25) is 0 Å². The van der Waals surface area contributed by atoms with Gasteiger partial charge < -0.3 is 5.32 Å². The normalized spacial score (nSPS) is 18.3. The van der Waals surface area contributed by atoms with Gasteiger partial charge in [-0.1, -0.05) is 17.8 Å². The van der Waals surface area contributed by atoms with Crippen LogP contribution in [0.5, 0.6) is 0 Å². The van der Waals surface area contributed by atoms with Gasteiger partial charge in [-0.3, -0.25) is 4.99 Å². The third-order valence-corrected chi connectivity index (χ3v) is 3.17. The van der Waals surface area contributed by atoms with E-state index in [0.717, 1.165) is 17.7 Å². The van der Waals surface area contributed by atoms with E-state index < -0.39 is 11.7 Å². The summed E-state index contributed by atoms with van der Waals surface area (Å²) in [5.41, 5.74) is 0.640. The maximum atomic E-state index is 12.6. The van der Waals surface area contributed by atoms with Gasteiger partial charge in [0, 0.05) is 5.69 Å². The third-order valence-electron chi connectivity index (χ3n) is 2.58. The molecular weight excluding hydrogens is 376 g/mol. The van der Waals surface area contributed by atoms with E-state index in [0.29, 0.717) is 10.9 Å². The number of nitrogens with zero attached hydrogens (tertiary/aromatic N) is 1. The van der Waals surface area contributed by atoms with Crippen molar-refractivity contribution in [3.63, 3.8) is 0 Å². The maximum Gasteiger partial charge on any atom is 0.416 e. The zero-order valence-corrected chi connectivity index (χ0v) is 12.9. The molecule has 1 heterocycles. The highest BCUT2D eigenvalue weighted by Gasteiger charge is 2.32. The Kier molecular flexibility index (Phi) is 4.93. The highest BCUT2D eigenvalue weighted by Crippen LogP contribution is 2.36. The Bertz CT molecular complexity index is 474. The number of benzene rings is 1. The molecule has 1 atom stereocenters. The van der Waals surface area contributed by atoms with Crippen molar-refractivity contribution in [2.24, 2.45) is 4.99 Å². The molecule has 18 heavy (non-hydrogen) atoms. The summed E-state index contributed by atoms with van der Waals surface area (Å²) in [7, 11) is 0. The monoisotopic (exact) mass is 388 g/mol. The van der Waals surface area contributed by atoms with Crippen LogP contribution in [0.15, 0.2) is 23.2 Å². The molecular formula is C11H12F3IN2S. The van der Waals surface area contributed by atoms with Gasteiger partial charge in [0.05, 0.1) is 11.6 Å². The van der Waals surface area contributed by atoms with Crippen LogP contribution >= 0.6 is 35.7 Å². The lowest BCUT2D eigenvalue weighted by molar-refractivity contribution is -0.137. The molecule has 7 heteroatoms. The number of alkyl halides is 3. The largest absolute Gasteiger partial charge is 0.416 e. The molecule has 100 valence electrons. The molecule has 0 radical (unpaired) electrons. The second kappa shape index (κ2) is 5.68. The highest BCUT2D eigenvalue weighted by atomic mass is 127. The molecule has 0 bridgehead atoms. The molecule has 1 aliphatic rings. The second-order valence-electron chi connectivity index (χ2n) is 3.74. The predicted molar refractivity (Wildman–Crippen MR) is 79.8 cm³/mol. The fourth-order valence-corrected chi connectivity index (χ4v) is 2.18. The van der Waals surface area contributed by atoms with E-state index in [1.54, 1.807) is 0 Å². The van der Waals surface area contributed by atoms with Crippen molar-refractivity contribution in [3.8, 4) is 0 Å². The highest BCUT2D eigenvalue weighted by molar-refractivity contribution is 14.0. The van der Waals surface area contributed by atoms with Crippen LogP contribution in [0.1, 0.15) is 24.1 Å². The van der Waals surface area contributed by atoms with Gasteiger partial charge in [-0.25, -0.2) is 0 Å². The number of halogens is 4. The average molecular weight is 388 g/mol. The van der Waals surface area contributed by atoms with Crippen molar-refractivity contribution in [2.45, 2.75) is 19.1 Å². The summed E-state index contributed by atoms with van der Waals surface area (Å²) in [5, 5.41) is 3.55. The van der Waals surface area contributed by atoms with Gasteiger partial charge in [0.25, 0.3) is 0 Å². The van der Waals surface area contributed by atoms with Crippen molar-refractivity contribution in [1.82, 2.24) is 0 Å². The number of hydrogen-bond donors (Lipinski definition) is 1. The number of rotatable bonds is 0. The Balaban J connectivity index is 0.00000162.